The second-order valence-corrected chi connectivity index (χ2v) is 6.62. The van der Waals surface area contributed by atoms with E-state index in [-0.39, 0.29) is 5.54 Å². The molecular formula is C16H28N4. The molecule has 0 atom stereocenters. The highest BCUT2D eigenvalue weighted by Gasteiger charge is 2.40. The van der Waals surface area contributed by atoms with Crippen molar-refractivity contribution in [3.05, 3.63) is 18.2 Å². The topological polar surface area (TPSA) is 47.1 Å². The molecule has 0 spiro atoms. The summed E-state index contributed by atoms with van der Waals surface area (Å²) in [5, 5.41) is 0. The molecular weight excluding hydrogens is 248 g/mol. The normalized spacial score (nSPS) is 31.2. The Morgan fingerprint density at radius 3 is 2.85 bits per heavy atom. The Morgan fingerprint density at radius 2 is 2.15 bits per heavy atom. The number of imidazole rings is 1. The summed E-state index contributed by atoms with van der Waals surface area (Å²) in [6.45, 7) is 6.26. The van der Waals surface area contributed by atoms with E-state index in [4.69, 9.17) is 5.73 Å². The number of rotatable bonds is 4. The van der Waals surface area contributed by atoms with E-state index >= 15 is 0 Å². The number of nitrogens with zero attached hydrogens (tertiary/aromatic N) is 3. The van der Waals surface area contributed by atoms with Gasteiger partial charge in [-0.3, -0.25) is 4.90 Å². The molecule has 20 heavy (non-hydrogen) atoms. The van der Waals surface area contributed by atoms with Crippen LogP contribution in [0.4, 0.5) is 0 Å². The van der Waals surface area contributed by atoms with Crippen LogP contribution in [-0.4, -0.2) is 33.1 Å². The van der Waals surface area contributed by atoms with Gasteiger partial charge in [-0.15, -0.1) is 0 Å². The molecule has 112 valence electrons. The van der Waals surface area contributed by atoms with Crippen molar-refractivity contribution in [3.8, 4) is 0 Å². The van der Waals surface area contributed by atoms with E-state index < -0.39 is 0 Å². The van der Waals surface area contributed by atoms with Crippen molar-refractivity contribution in [2.45, 2.75) is 64.1 Å². The minimum absolute atomic E-state index is 0.238. The van der Waals surface area contributed by atoms with Crippen LogP contribution >= 0.6 is 0 Å². The molecule has 1 aliphatic heterocycles. The first kappa shape index (κ1) is 14.1. The molecule has 1 aliphatic carbocycles. The van der Waals surface area contributed by atoms with Crippen LogP contribution in [-0.2, 0) is 13.1 Å². The Morgan fingerprint density at radius 1 is 1.35 bits per heavy atom. The molecule has 1 fully saturated rings. The highest BCUT2D eigenvalue weighted by Crippen LogP contribution is 2.39. The van der Waals surface area contributed by atoms with Gasteiger partial charge in [-0.25, -0.2) is 4.98 Å². The average molecular weight is 276 g/mol. The van der Waals surface area contributed by atoms with Crippen LogP contribution in [0.15, 0.2) is 12.4 Å². The van der Waals surface area contributed by atoms with Crippen molar-refractivity contribution in [2.24, 2.45) is 11.7 Å². The lowest BCUT2D eigenvalue weighted by Gasteiger charge is -2.49. The maximum Gasteiger partial charge on any atom is 0.122 e. The molecule has 0 amide bonds. The van der Waals surface area contributed by atoms with Gasteiger partial charge < -0.3 is 10.3 Å². The first-order chi connectivity index (χ1) is 9.77. The van der Waals surface area contributed by atoms with Crippen LogP contribution in [0.5, 0.6) is 0 Å². The molecule has 0 unspecified atom stereocenters. The fourth-order valence-corrected chi connectivity index (χ4v) is 4.14. The summed E-state index contributed by atoms with van der Waals surface area (Å²) >= 11 is 0. The second-order valence-electron chi connectivity index (χ2n) is 6.62. The van der Waals surface area contributed by atoms with Crippen molar-refractivity contribution in [1.82, 2.24) is 14.5 Å². The number of nitrogens with two attached hydrogens (primary N) is 1. The SMILES string of the molecule is CCCC1CCC(CN)(N2CCn3ccnc3C2)CC1. The highest BCUT2D eigenvalue weighted by atomic mass is 15.3. The van der Waals surface area contributed by atoms with E-state index in [1.54, 1.807) is 0 Å². The summed E-state index contributed by atoms with van der Waals surface area (Å²) in [6, 6.07) is 0. The van der Waals surface area contributed by atoms with E-state index in [2.05, 4.69) is 27.6 Å². The van der Waals surface area contributed by atoms with Crippen LogP contribution in [0.3, 0.4) is 0 Å². The quantitative estimate of drug-likeness (QED) is 0.918. The maximum atomic E-state index is 6.21. The standard InChI is InChI=1S/C16H28N4/c1-2-3-14-4-6-16(13-17,7-5-14)20-11-10-19-9-8-18-15(19)12-20/h8-9,14H,2-7,10-13,17H2,1H3. The Kier molecular flexibility index (Phi) is 4.13. The maximum absolute atomic E-state index is 6.21. The molecule has 1 aromatic rings. The zero-order chi connectivity index (χ0) is 14.0. The summed E-state index contributed by atoms with van der Waals surface area (Å²) in [5.41, 5.74) is 6.45. The summed E-state index contributed by atoms with van der Waals surface area (Å²) in [7, 11) is 0. The third-order valence-corrected chi connectivity index (χ3v) is 5.53. The van der Waals surface area contributed by atoms with Crippen molar-refractivity contribution in [3.63, 3.8) is 0 Å². The van der Waals surface area contributed by atoms with Crippen molar-refractivity contribution in [2.75, 3.05) is 13.1 Å². The van der Waals surface area contributed by atoms with Crippen LogP contribution in [0.25, 0.3) is 0 Å². The van der Waals surface area contributed by atoms with Gasteiger partial charge in [-0.1, -0.05) is 19.8 Å². The van der Waals surface area contributed by atoms with Gasteiger partial charge in [0.05, 0.1) is 6.54 Å². The number of aromatic nitrogens is 2. The molecule has 1 saturated carbocycles. The Balaban J connectivity index is 1.68. The Labute approximate surface area is 122 Å². The number of hydrogen-bond acceptors (Lipinski definition) is 3. The fourth-order valence-electron chi connectivity index (χ4n) is 4.14. The fraction of sp³-hybridized carbons (Fsp3) is 0.812. The van der Waals surface area contributed by atoms with E-state index in [0.717, 1.165) is 32.1 Å². The number of fused-ring (bicyclic) bond motifs is 1. The first-order valence-corrected chi connectivity index (χ1v) is 8.22. The minimum atomic E-state index is 0.238. The molecule has 0 bridgehead atoms. The Hall–Kier alpha value is -0.870. The average Bonchev–Trinajstić information content (AvgIpc) is 2.96. The van der Waals surface area contributed by atoms with E-state index in [1.807, 2.05) is 6.20 Å². The molecule has 3 rings (SSSR count). The molecule has 0 saturated heterocycles. The third kappa shape index (κ3) is 2.51. The molecule has 4 heteroatoms. The largest absolute Gasteiger partial charge is 0.333 e. The van der Waals surface area contributed by atoms with Gasteiger partial charge >= 0.3 is 0 Å². The molecule has 4 nitrogen and oxygen atoms in total. The Bertz CT molecular complexity index is 431. The summed E-state index contributed by atoms with van der Waals surface area (Å²) in [4.78, 5) is 7.11. The van der Waals surface area contributed by atoms with Gasteiger partial charge in [0.2, 0.25) is 0 Å². The molecule has 1 aromatic heterocycles. The molecule has 2 N–H and O–H groups in total. The van der Waals surface area contributed by atoms with E-state index in [0.29, 0.717) is 0 Å². The molecule has 2 heterocycles. The van der Waals surface area contributed by atoms with Gasteiger partial charge in [-0.2, -0.15) is 0 Å². The molecule has 2 aliphatic rings. The van der Waals surface area contributed by atoms with Crippen LogP contribution in [0.2, 0.25) is 0 Å². The van der Waals surface area contributed by atoms with Crippen LogP contribution in [0, 0.1) is 5.92 Å². The van der Waals surface area contributed by atoms with Crippen LogP contribution in [0.1, 0.15) is 51.3 Å². The second kappa shape index (κ2) is 5.86. The number of hydrogen-bond donors (Lipinski definition) is 1. The predicted molar refractivity (Wildman–Crippen MR) is 81.3 cm³/mol. The van der Waals surface area contributed by atoms with Gasteiger partial charge in [0.15, 0.2) is 0 Å². The van der Waals surface area contributed by atoms with E-state index in [9.17, 15) is 0 Å². The van der Waals surface area contributed by atoms with Crippen LogP contribution < -0.4 is 5.73 Å². The van der Waals surface area contributed by atoms with Crippen molar-refractivity contribution < 1.29 is 0 Å². The summed E-state index contributed by atoms with van der Waals surface area (Å²) < 4.78 is 2.28. The van der Waals surface area contributed by atoms with Gasteiger partial charge in [-0.05, 0) is 31.6 Å². The summed E-state index contributed by atoms with van der Waals surface area (Å²) in [5.74, 6) is 2.14. The zero-order valence-corrected chi connectivity index (χ0v) is 12.7. The highest BCUT2D eigenvalue weighted by molar-refractivity contribution is 5.02. The lowest BCUT2D eigenvalue weighted by molar-refractivity contribution is 0.0188. The first-order valence-electron chi connectivity index (χ1n) is 8.22. The summed E-state index contributed by atoms with van der Waals surface area (Å²) in [6.07, 6.45) is 12.0. The zero-order valence-electron chi connectivity index (χ0n) is 12.7. The minimum Gasteiger partial charge on any atom is -0.333 e. The molecule has 0 aromatic carbocycles. The van der Waals surface area contributed by atoms with Gasteiger partial charge in [0, 0.05) is 37.6 Å². The lowest BCUT2D eigenvalue weighted by atomic mass is 9.74. The van der Waals surface area contributed by atoms with E-state index in [1.165, 1.54) is 44.3 Å². The predicted octanol–water partition coefficient (Wildman–Crippen LogP) is 2.39. The van der Waals surface area contributed by atoms with Gasteiger partial charge in [0.25, 0.3) is 0 Å². The van der Waals surface area contributed by atoms with Gasteiger partial charge in [0.1, 0.15) is 5.82 Å². The van der Waals surface area contributed by atoms with Crippen molar-refractivity contribution in [1.29, 1.82) is 0 Å². The molecule has 0 radical (unpaired) electrons. The van der Waals surface area contributed by atoms with Crippen molar-refractivity contribution >= 4 is 0 Å². The monoisotopic (exact) mass is 276 g/mol. The smallest absolute Gasteiger partial charge is 0.122 e. The third-order valence-electron chi connectivity index (χ3n) is 5.53. The lowest BCUT2D eigenvalue weighted by Crippen LogP contribution is -2.57.